The SMILES string of the molecule is c1ccc(-c2ccc(N(c3ccc(-c4ccccc4)cc3)c3cnc(-c4cc(-c5ccc6oc7ccccc7c6c5)cc(-c5ccc6sc7ccccc7c6c5)c4)nc3)cc2)cc1. The summed E-state index contributed by atoms with van der Waals surface area (Å²) in [5.41, 5.74) is 14.7. The number of para-hydroxylation sites is 1. The van der Waals surface area contributed by atoms with Gasteiger partial charge in [0, 0.05) is 47.9 Å². The molecule has 12 rings (SSSR count). The molecule has 63 heavy (non-hydrogen) atoms. The van der Waals surface area contributed by atoms with Crippen LogP contribution in [0.15, 0.2) is 229 Å². The normalized spacial score (nSPS) is 11.5. The highest BCUT2D eigenvalue weighted by molar-refractivity contribution is 7.25. The second kappa shape index (κ2) is 15.4. The van der Waals surface area contributed by atoms with Crippen LogP contribution in [0.2, 0.25) is 0 Å². The second-order valence-corrected chi connectivity index (χ2v) is 16.9. The number of rotatable bonds is 8. The Labute approximate surface area is 368 Å². The van der Waals surface area contributed by atoms with Gasteiger partial charge in [-0.1, -0.05) is 133 Å². The van der Waals surface area contributed by atoms with Crippen molar-refractivity contribution in [3.05, 3.63) is 225 Å². The zero-order chi connectivity index (χ0) is 41.7. The fourth-order valence-corrected chi connectivity index (χ4v) is 9.89. The molecule has 0 N–H and O–H groups in total. The molecule has 0 atom stereocenters. The average Bonchev–Trinajstić information content (AvgIpc) is 3.93. The summed E-state index contributed by atoms with van der Waals surface area (Å²) in [6.45, 7) is 0. The number of nitrogens with zero attached hydrogens (tertiary/aromatic N) is 3. The van der Waals surface area contributed by atoms with E-state index in [2.05, 4.69) is 193 Å². The van der Waals surface area contributed by atoms with Gasteiger partial charge in [-0.25, -0.2) is 9.97 Å². The summed E-state index contributed by atoms with van der Waals surface area (Å²) < 4.78 is 8.79. The molecule has 0 bridgehead atoms. The van der Waals surface area contributed by atoms with Crippen LogP contribution in [0.1, 0.15) is 0 Å². The predicted molar refractivity (Wildman–Crippen MR) is 264 cm³/mol. The van der Waals surface area contributed by atoms with Crippen molar-refractivity contribution in [1.82, 2.24) is 9.97 Å². The summed E-state index contributed by atoms with van der Waals surface area (Å²) in [6.07, 6.45) is 3.89. The van der Waals surface area contributed by atoms with Crippen LogP contribution in [-0.4, -0.2) is 9.97 Å². The average molecular weight is 824 g/mol. The highest BCUT2D eigenvalue weighted by Gasteiger charge is 2.17. The maximum absolute atomic E-state index is 6.22. The summed E-state index contributed by atoms with van der Waals surface area (Å²) in [5.74, 6) is 0.651. The Morgan fingerprint density at radius 3 is 1.44 bits per heavy atom. The van der Waals surface area contributed by atoms with Crippen LogP contribution in [0.25, 0.3) is 98.0 Å². The Morgan fingerprint density at radius 1 is 0.317 bits per heavy atom. The predicted octanol–water partition coefficient (Wildman–Crippen LogP) is 16.5. The number of aromatic nitrogens is 2. The first kappa shape index (κ1) is 36.7. The molecule has 0 aliphatic rings. The molecule has 5 heteroatoms. The van der Waals surface area contributed by atoms with Crippen molar-refractivity contribution < 1.29 is 4.42 Å². The Hall–Kier alpha value is -8.12. The fraction of sp³-hybridized carbons (Fsp3) is 0. The Bertz CT molecular complexity index is 3380. The number of thiophene rings is 1. The largest absolute Gasteiger partial charge is 0.456 e. The van der Waals surface area contributed by atoms with Crippen LogP contribution in [0.5, 0.6) is 0 Å². The van der Waals surface area contributed by atoms with Gasteiger partial charge < -0.3 is 9.32 Å². The Morgan fingerprint density at radius 2 is 0.794 bits per heavy atom. The van der Waals surface area contributed by atoms with Gasteiger partial charge in [0.2, 0.25) is 0 Å². The van der Waals surface area contributed by atoms with Crippen molar-refractivity contribution in [2.45, 2.75) is 0 Å². The fourth-order valence-electron chi connectivity index (χ4n) is 8.80. The van der Waals surface area contributed by atoms with E-state index in [1.54, 1.807) is 0 Å². The summed E-state index contributed by atoms with van der Waals surface area (Å²) in [6, 6.07) is 75.3. The summed E-state index contributed by atoms with van der Waals surface area (Å²) in [5, 5.41) is 4.74. The Balaban J connectivity index is 0.970. The van der Waals surface area contributed by atoms with Crippen molar-refractivity contribution in [1.29, 1.82) is 0 Å². The third kappa shape index (κ3) is 6.81. The molecule has 0 radical (unpaired) electrons. The molecule has 0 saturated carbocycles. The molecule has 3 aromatic heterocycles. The molecular formula is C58H37N3OS. The third-order valence-corrected chi connectivity index (χ3v) is 13.1. The van der Waals surface area contributed by atoms with E-state index in [1.807, 2.05) is 48.0 Å². The lowest BCUT2D eigenvalue weighted by atomic mass is 9.94. The maximum atomic E-state index is 6.22. The summed E-state index contributed by atoms with van der Waals surface area (Å²) in [7, 11) is 0. The number of anilines is 3. The van der Waals surface area contributed by atoms with E-state index >= 15 is 0 Å². The van der Waals surface area contributed by atoms with Crippen molar-refractivity contribution >= 4 is 70.5 Å². The van der Waals surface area contributed by atoms with Crippen LogP contribution < -0.4 is 4.90 Å². The minimum Gasteiger partial charge on any atom is -0.456 e. The number of benzene rings is 9. The minimum atomic E-state index is 0.651. The van der Waals surface area contributed by atoms with E-state index < -0.39 is 0 Å². The molecule has 4 nitrogen and oxygen atoms in total. The summed E-state index contributed by atoms with van der Waals surface area (Å²) in [4.78, 5) is 12.5. The van der Waals surface area contributed by atoms with Crippen LogP contribution in [0.4, 0.5) is 17.1 Å². The molecule has 296 valence electrons. The van der Waals surface area contributed by atoms with Gasteiger partial charge in [0.05, 0.1) is 18.1 Å². The van der Waals surface area contributed by atoms with Gasteiger partial charge in [-0.3, -0.25) is 0 Å². The topological polar surface area (TPSA) is 42.2 Å². The first-order valence-corrected chi connectivity index (χ1v) is 21.9. The molecule has 0 amide bonds. The van der Waals surface area contributed by atoms with Gasteiger partial charge in [-0.15, -0.1) is 11.3 Å². The molecule has 0 aliphatic carbocycles. The molecule has 0 spiro atoms. The molecule has 0 aliphatic heterocycles. The van der Waals surface area contributed by atoms with E-state index in [4.69, 9.17) is 14.4 Å². The van der Waals surface area contributed by atoms with Crippen molar-refractivity contribution in [2.75, 3.05) is 4.90 Å². The number of hydrogen-bond donors (Lipinski definition) is 0. The van der Waals surface area contributed by atoms with Crippen LogP contribution in [0.3, 0.4) is 0 Å². The highest BCUT2D eigenvalue weighted by Crippen LogP contribution is 2.41. The quantitative estimate of drug-likeness (QED) is 0.153. The lowest BCUT2D eigenvalue weighted by Crippen LogP contribution is -2.11. The van der Waals surface area contributed by atoms with E-state index in [0.29, 0.717) is 5.82 Å². The van der Waals surface area contributed by atoms with E-state index in [9.17, 15) is 0 Å². The standard InChI is InChI=1S/C58H37N3OS/c1-3-11-38(12-4-1)40-19-25-47(26-20-40)61(48-27-21-41(22-28-48)39-13-5-2-6-14-39)49-36-59-58(60-37-49)46-32-44(42-23-29-55-52(34-42)50-15-7-9-17-54(50)62-55)31-45(33-46)43-24-30-57-53(35-43)51-16-8-10-18-56(51)63-57/h1-37H. The lowest BCUT2D eigenvalue weighted by molar-refractivity contribution is 0.669. The van der Waals surface area contributed by atoms with Gasteiger partial charge in [0.15, 0.2) is 5.82 Å². The third-order valence-electron chi connectivity index (χ3n) is 12.0. The lowest BCUT2D eigenvalue weighted by Gasteiger charge is -2.25. The number of hydrogen-bond acceptors (Lipinski definition) is 5. The second-order valence-electron chi connectivity index (χ2n) is 15.8. The number of fused-ring (bicyclic) bond motifs is 6. The molecular weight excluding hydrogens is 787 g/mol. The molecule has 0 saturated heterocycles. The molecule has 12 aromatic rings. The van der Waals surface area contributed by atoms with Gasteiger partial charge in [0.1, 0.15) is 11.2 Å². The molecule has 0 unspecified atom stereocenters. The van der Waals surface area contributed by atoms with E-state index in [-0.39, 0.29) is 0 Å². The zero-order valence-electron chi connectivity index (χ0n) is 34.0. The highest BCUT2D eigenvalue weighted by atomic mass is 32.1. The van der Waals surface area contributed by atoms with Crippen molar-refractivity contribution in [3.63, 3.8) is 0 Å². The summed E-state index contributed by atoms with van der Waals surface area (Å²) >= 11 is 1.83. The van der Waals surface area contributed by atoms with Crippen LogP contribution >= 0.6 is 11.3 Å². The van der Waals surface area contributed by atoms with Gasteiger partial charge >= 0.3 is 0 Å². The van der Waals surface area contributed by atoms with Gasteiger partial charge in [0.25, 0.3) is 0 Å². The molecule has 0 fully saturated rings. The minimum absolute atomic E-state index is 0.651. The van der Waals surface area contributed by atoms with Crippen molar-refractivity contribution in [2.24, 2.45) is 0 Å². The van der Waals surface area contributed by atoms with Crippen LogP contribution in [-0.2, 0) is 0 Å². The van der Waals surface area contributed by atoms with Gasteiger partial charge in [-0.05, 0) is 123 Å². The molecule has 9 aromatic carbocycles. The molecule has 3 heterocycles. The van der Waals surface area contributed by atoms with Gasteiger partial charge in [-0.2, -0.15) is 0 Å². The van der Waals surface area contributed by atoms with E-state index in [1.165, 1.54) is 31.3 Å². The number of furan rings is 1. The van der Waals surface area contributed by atoms with Crippen LogP contribution in [0, 0.1) is 0 Å². The van der Waals surface area contributed by atoms with E-state index in [0.717, 1.165) is 77.9 Å². The Kier molecular flexibility index (Phi) is 8.98. The maximum Gasteiger partial charge on any atom is 0.159 e. The zero-order valence-corrected chi connectivity index (χ0v) is 34.8. The smallest absolute Gasteiger partial charge is 0.159 e. The first-order chi connectivity index (χ1) is 31.2. The monoisotopic (exact) mass is 823 g/mol. The first-order valence-electron chi connectivity index (χ1n) is 21.1. The van der Waals surface area contributed by atoms with Crippen molar-refractivity contribution in [3.8, 4) is 55.9 Å².